The second-order valence-electron chi connectivity index (χ2n) is 11.5. The lowest BCUT2D eigenvalue weighted by Gasteiger charge is -2.42. The zero-order valence-corrected chi connectivity index (χ0v) is 23.9. The van der Waals surface area contributed by atoms with E-state index in [9.17, 15) is 9.59 Å². The molecule has 8 nitrogen and oxygen atoms in total. The van der Waals surface area contributed by atoms with Crippen LogP contribution >= 0.6 is 11.6 Å². The highest BCUT2D eigenvalue weighted by molar-refractivity contribution is 6.31. The Morgan fingerprint density at radius 1 is 1.12 bits per heavy atom. The normalized spacial score (nSPS) is 19.2. The molecule has 3 aliphatic rings. The van der Waals surface area contributed by atoms with E-state index in [-0.39, 0.29) is 36.4 Å². The predicted molar refractivity (Wildman–Crippen MR) is 152 cm³/mol. The van der Waals surface area contributed by atoms with Crippen LogP contribution in [0.5, 0.6) is 5.75 Å². The highest BCUT2D eigenvalue weighted by Gasteiger charge is 2.40. The van der Waals surface area contributed by atoms with Gasteiger partial charge in [-0.3, -0.25) is 9.59 Å². The van der Waals surface area contributed by atoms with Gasteiger partial charge < -0.3 is 14.5 Å². The molecule has 1 aromatic heterocycles. The van der Waals surface area contributed by atoms with Crippen molar-refractivity contribution in [3.05, 3.63) is 75.6 Å². The Morgan fingerprint density at radius 2 is 1.93 bits per heavy atom. The molecule has 0 N–H and O–H groups in total. The van der Waals surface area contributed by atoms with E-state index in [4.69, 9.17) is 16.3 Å². The molecule has 3 heterocycles. The van der Waals surface area contributed by atoms with Gasteiger partial charge >= 0.3 is 0 Å². The number of carbonyl (C=O) groups excluding carboxylic acids is 2. The van der Waals surface area contributed by atoms with Crippen molar-refractivity contribution in [3.63, 3.8) is 0 Å². The first kappa shape index (κ1) is 26.8. The summed E-state index contributed by atoms with van der Waals surface area (Å²) < 4.78 is 8.19. The maximum Gasteiger partial charge on any atom is 0.254 e. The smallest absolute Gasteiger partial charge is 0.254 e. The average molecular weight is 562 g/mol. The number of amides is 2. The molecular weight excluding hydrogens is 526 g/mol. The Balaban J connectivity index is 1.34. The molecule has 0 radical (unpaired) electrons. The molecule has 2 amide bonds. The second-order valence-corrected chi connectivity index (χ2v) is 11.9. The van der Waals surface area contributed by atoms with Gasteiger partial charge in [0.25, 0.3) is 5.91 Å². The Kier molecular flexibility index (Phi) is 7.53. The molecule has 2 aromatic carbocycles. The lowest BCUT2D eigenvalue weighted by Crippen LogP contribution is -2.48. The van der Waals surface area contributed by atoms with Crippen molar-refractivity contribution in [2.75, 3.05) is 13.1 Å². The van der Waals surface area contributed by atoms with Crippen molar-refractivity contribution < 1.29 is 14.3 Å². The number of hydrogen-bond acceptors (Lipinski definition) is 5. The third kappa shape index (κ3) is 5.09. The van der Waals surface area contributed by atoms with Crippen molar-refractivity contribution >= 4 is 23.4 Å². The summed E-state index contributed by atoms with van der Waals surface area (Å²) in [6, 6.07) is 11.4. The van der Waals surface area contributed by atoms with E-state index in [0.29, 0.717) is 36.8 Å². The molecule has 0 spiro atoms. The average Bonchev–Trinajstić information content (AvgIpc) is 3.58. The summed E-state index contributed by atoms with van der Waals surface area (Å²) in [6.45, 7) is 5.84. The molecule has 210 valence electrons. The SMILES string of the molecule is CC(C)n1cc(COc2ccc(Cl)c3c2[C@@H](CN2Cc4ccccc4C2=O)N(C(=O)C2CCCCC2)CC3)nn1. The Bertz CT molecular complexity index is 1410. The number of halogens is 1. The number of benzene rings is 2. The molecule has 6 rings (SSSR count). The third-order valence-corrected chi connectivity index (χ3v) is 8.92. The molecule has 1 saturated carbocycles. The van der Waals surface area contributed by atoms with Crippen LogP contribution in [-0.4, -0.2) is 49.7 Å². The fourth-order valence-electron chi connectivity index (χ4n) is 6.40. The number of ether oxygens (including phenoxy) is 1. The van der Waals surface area contributed by atoms with Gasteiger partial charge in [-0.25, -0.2) is 4.68 Å². The Morgan fingerprint density at radius 3 is 2.67 bits per heavy atom. The van der Waals surface area contributed by atoms with Crippen LogP contribution in [0.4, 0.5) is 0 Å². The van der Waals surface area contributed by atoms with E-state index in [1.54, 1.807) is 4.68 Å². The van der Waals surface area contributed by atoms with Gasteiger partial charge in [-0.2, -0.15) is 0 Å². The van der Waals surface area contributed by atoms with Gasteiger partial charge in [0.2, 0.25) is 5.91 Å². The Hall–Kier alpha value is -3.39. The van der Waals surface area contributed by atoms with Crippen LogP contribution < -0.4 is 4.74 Å². The number of rotatable bonds is 7. The van der Waals surface area contributed by atoms with Gasteiger partial charge in [-0.05, 0) is 62.4 Å². The van der Waals surface area contributed by atoms with Crippen LogP contribution in [0.15, 0.2) is 42.6 Å². The van der Waals surface area contributed by atoms with E-state index < -0.39 is 0 Å². The molecule has 1 atom stereocenters. The van der Waals surface area contributed by atoms with E-state index in [0.717, 1.165) is 53.6 Å². The van der Waals surface area contributed by atoms with Crippen LogP contribution in [0.3, 0.4) is 0 Å². The van der Waals surface area contributed by atoms with Crippen LogP contribution in [0, 0.1) is 5.92 Å². The van der Waals surface area contributed by atoms with Crippen molar-refractivity contribution in [1.29, 1.82) is 0 Å². The molecule has 0 saturated heterocycles. The standard InChI is InChI=1S/C31H36ClN5O3/c1-20(2)37-17-23(33-34-37)19-40-28-13-12-26(32)25-14-15-36(30(38)21-8-4-3-5-9-21)27(29(25)28)18-35-16-22-10-6-7-11-24(22)31(35)39/h6-7,10-13,17,20-21,27H,3-5,8-9,14-16,18-19H2,1-2H3/t27-/m1/s1. The minimum absolute atomic E-state index is 0.00239. The van der Waals surface area contributed by atoms with Gasteiger partial charge in [0.15, 0.2) is 0 Å². The van der Waals surface area contributed by atoms with Crippen LogP contribution in [0.1, 0.15) is 90.8 Å². The van der Waals surface area contributed by atoms with E-state index in [2.05, 4.69) is 24.2 Å². The van der Waals surface area contributed by atoms with Crippen molar-refractivity contribution in [1.82, 2.24) is 24.8 Å². The maximum absolute atomic E-state index is 14.0. The first-order chi connectivity index (χ1) is 19.4. The van der Waals surface area contributed by atoms with E-state index >= 15 is 0 Å². The van der Waals surface area contributed by atoms with Crippen molar-refractivity contribution in [2.45, 2.75) is 77.6 Å². The molecule has 3 aromatic rings. The van der Waals surface area contributed by atoms with Gasteiger partial charge in [-0.15, -0.1) is 5.10 Å². The molecule has 9 heteroatoms. The molecule has 1 fully saturated rings. The highest BCUT2D eigenvalue weighted by atomic mass is 35.5. The summed E-state index contributed by atoms with van der Waals surface area (Å²) in [5.74, 6) is 0.889. The van der Waals surface area contributed by atoms with Gasteiger partial charge in [0.05, 0.1) is 12.2 Å². The summed E-state index contributed by atoms with van der Waals surface area (Å²) in [5, 5.41) is 9.13. The fourth-order valence-corrected chi connectivity index (χ4v) is 6.66. The summed E-state index contributed by atoms with van der Waals surface area (Å²) >= 11 is 6.76. The molecule has 2 aliphatic heterocycles. The zero-order chi connectivity index (χ0) is 27.8. The minimum Gasteiger partial charge on any atom is -0.487 e. The summed E-state index contributed by atoms with van der Waals surface area (Å²) in [5.41, 5.74) is 4.38. The monoisotopic (exact) mass is 561 g/mol. The summed E-state index contributed by atoms with van der Waals surface area (Å²) in [4.78, 5) is 31.3. The summed E-state index contributed by atoms with van der Waals surface area (Å²) in [7, 11) is 0. The lowest BCUT2D eigenvalue weighted by atomic mass is 9.85. The van der Waals surface area contributed by atoms with Crippen molar-refractivity contribution in [2.24, 2.45) is 5.92 Å². The predicted octanol–water partition coefficient (Wildman–Crippen LogP) is 5.75. The highest BCUT2D eigenvalue weighted by Crippen LogP contribution is 2.43. The zero-order valence-electron chi connectivity index (χ0n) is 23.2. The first-order valence-electron chi connectivity index (χ1n) is 14.4. The van der Waals surface area contributed by atoms with Gasteiger partial charge in [-0.1, -0.05) is 54.3 Å². The van der Waals surface area contributed by atoms with Crippen molar-refractivity contribution in [3.8, 4) is 5.75 Å². The number of nitrogens with zero attached hydrogens (tertiary/aromatic N) is 5. The number of fused-ring (bicyclic) bond motifs is 2. The minimum atomic E-state index is -0.350. The second kappa shape index (κ2) is 11.2. The fraction of sp³-hybridized carbons (Fsp3) is 0.484. The molecule has 40 heavy (non-hydrogen) atoms. The number of carbonyl (C=O) groups is 2. The van der Waals surface area contributed by atoms with Crippen LogP contribution in [-0.2, 0) is 24.4 Å². The topological polar surface area (TPSA) is 80.6 Å². The molecule has 0 bridgehead atoms. The third-order valence-electron chi connectivity index (χ3n) is 8.56. The maximum atomic E-state index is 14.0. The van der Waals surface area contributed by atoms with Gasteiger partial charge in [0, 0.05) is 47.7 Å². The lowest BCUT2D eigenvalue weighted by molar-refractivity contribution is -0.140. The molecular formula is C31H36ClN5O3. The first-order valence-corrected chi connectivity index (χ1v) is 14.8. The summed E-state index contributed by atoms with van der Waals surface area (Å²) in [6.07, 6.45) is 7.75. The van der Waals surface area contributed by atoms with Crippen LogP contribution in [0.25, 0.3) is 0 Å². The number of aromatic nitrogens is 3. The molecule has 1 aliphatic carbocycles. The van der Waals surface area contributed by atoms with Crippen LogP contribution in [0.2, 0.25) is 5.02 Å². The Labute approximate surface area is 240 Å². The number of hydrogen-bond donors (Lipinski definition) is 0. The molecule has 0 unspecified atom stereocenters. The quantitative estimate of drug-likeness (QED) is 0.367. The largest absolute Gasteiger partial charge is 0.487 e. The van der Waals surface area contributed by atoms with Gasteiger partial charge in [0.1, 0.15) is 18.1 Å². The van der Waals surface area contributed by atoms with E-state index in [1.165, 1.54) is 6.42 Å². The van der Waals surface area contributed by atoms with E-state index in [1.807, 2.05) is 52.4 Å².